The van der Waals surface area contributed by atoms with Gasteiger partial charge in [-0.05, 0) is 124 Å². The molecule has 1 spiro atoms. The van der Waals surface area contributed by atoms with Crippen molar-refractivity contribution in [3.63, 3.8) is 0 Å². The first-order chi connectivity index (χ1) is 28.7. The summed E-state index contributed by atoms with van der Waals surface area (Å²) in [6.45, 7) is 4.86. The topological polar surface area (TPSA) is 138 Å². The van der Waals surface area contributed by atoms with Crippen LogP contribution in [0.3, 0.4) is 0 Å². The third kappa shape index (κ3) is 7.95. The molecule has 5 heterocycles. The van der Waals surface area contributed by atoms with Gasteiger partial charge in [-0.15, -0.1) is 0 Å². The molecule has 2 saturated heterocycles. The summed E-state index contributed by atoms with van der Waals surface area (Å²) in [5.41, 5.74) is 4.55. The number of carbonyl (C=O) groups is 3. The Morgan fingerprint density at radius 2 is 1.75 bits per heavy atom. The van der Waals surface area contributed by atoms with Crippen LogP contribution < -0.4 is 21.2 Å². The summed E-state index contributed by atoms with van der Waals surface area (Å²) < 4.78 is 5.63. The number of hydrogen-bond acceptors (Lipinski definition) is 10. The second-order valence-electron chi connectivity index (χ2n) is 17.5. The first-order valence-electron chi connectivity index (χ1n) is 21.8. The Bertz CT molecular complexity index is 2260. The highest BCUT2D eigenvalue weighted by Crippen LogP contribution is 2.57. The third-order valence-electron chi connectivity index (χ3n) is 13.8. The normalized spacial score (nSPS) is 20.9. The molecule has 2 aromatic heterocycles. The van der Waals surface area contributed by atoms with Crippen molar-refractivity contribution in [2.75, 3.05) is 43.4 Å². The van der Waals surface area contributed by atoms with E-state index >= 15 is 0 Å². The second-order valence-corrected chi connectivity index (χ2v) is 18.7. The number of rotatable bonds is 13. The molecule has 2 saturated carbocycles. The van der Waals surface area contributed by atoms with Crippen LogP contribution in [0, 0.1) is 0 Å². The number of nitrogens with one attached hydrogen (secondary N) is 2. The van der Waals surface area contributed by atoms with E-state index in [-0.39, 0.29) is 41.8 Å². The number of nitrogens with zero attached hydrogens (tertiary/aromatic N) is 7. The molecule has 13 nitrogen and oxygen atoms in total. The van der Waals surface area contributed by atoms with Gasteiger partial charge in [0.25, 0.3) is 0 Å². The van der Waals surface area contributed by atoms with Crippen LogP contribution in [-0.4, -0.2) is 91.7 Å². The highest BCUT2D eigenvalue weighted by Gasteiger charge is 2.61. The monoisotopic (exact) mass is 819 g/mol. The molecular weight excluding hydrogens is 763 g/mol. The molecule has 0 radical (unpaired) electrons. The van der Waals surface area contributed by atoms with E-state index in [2.05, 4.69) is 61.1 Å². The summed E-state index contributed by atoms with van der Waals surface area (Å²) in [6, 6.07) is 15.0. The molecule has 1 atom stereocenters. The maximum absolute atomic E-state index is 13.6. The van der Waals surface area contributed by atoms with Crippen molar-refractivity contribution in [3.8, 4) is 0 Å². The van der Waals surface area contributed by atoms with Gasteiger partial charge in [0.15, 0.2) is 0 Å². The van der Waals surface area contributed by atoms with Crippen molar-refractivity contribution in [3.05, 3.63) is 75.8 Å². The molecule has 2 aromatic carbocycles. The first kappa shape index (κ1) is 39.9. The summed E-state index contributed by atoms with van der Waals surface area (Å²) in [4.78, 5) is 66.4. The first-order valence-corrected chi connectivity index (χ1v) is 22.6. The summed E-state index contributed by atoms with van der Waals surface area (Å²) >= 11 is 1.85. The number of aryl methyl sites for hydroxylation is 1. The molecule has 0 bridgehead atoms. The van der Waals surface area contributed by atoms with Crippen molar-refractivity contribution >= 4 is 52.8 Å². The average Bonchev–Trinajstić information content (AvgIpc) is 3.99. The number of hydrogen-bond donors (Lipinski definition) is 2. The molecule has 14 heteroatoms. The fraction of sp³-hybridized carbons (Fsp3) is 0.556. The van der Waals surface area contributed by atoms with Gasteiger partial charge >= 0.3 is 5.69 Å². The molecule has 2 aliphatic carbocycles. The fourth-order valence-corrected chi connectivity index (χ4v) is 11.2. The second kappa shape index (κ2) is 16.8. The van der Waals surface area contributed by atoms with E-state index < -0.39 is 6.04 Å². The fourth-order valence-electron chi connectivity index (χ4n) is 10.1. The summed E-state index contributed by atoms with van der Waals surface area (Å²) in [6.07, 6.45) is 14.9. The van der Waals surface area contributed by atoms with E-state index in [4.69, 9.17) is 9.97 Å². The molecule has 5 aliphatic rings. The molecule has 9 rings (SSSR count). The predicted octanol–water partition coefficient (Wildman–Crippen LogP) is 6.07. The van der Waals surface area contributed by atoms with Gasteiger partial charge in [0.2, 0.25) is 17.8 Å². The zero-order valence-electron chi connectivity index (χ0n) is 34.4. The smallest absolute Gasteiger partial charge is 0.329 e. The lowest BCUT2D eigenvalue weighted by atomic mass is 9.89. The SMILES string of the molecule is CNC(=O)CCC(C=O)n1c(=O)n(C)c2cc(C3CCN(Cc4cccc(SN5CCC(Nc6ncc7c(n6)N(C6CCCCC6)C(=O)C76CC6)CC5)c4)CC3)ccc21. The largest absolute Gasteiger partial charge is 0.359 e. The Morgan fingerprint density at radius 1 is 0.966 bits per heavy atom. The number of likely N-dealkylation sites (tertiary alicyclic amines) is 1. The van der Waals surface area contributed by atoms with Crippen molar-refractivity contribution in [1.82, 2.24) is 33.6 Å². The number of fused-ring (bicyclic) bond motifs is 3. The van der Waals surface area contributed by atoms with Gasteiger partial charge in [-0.2, -0.15) is 4.98 Å². The van der Waals surface area contributed by atoms with Crippen molar-refractivity contribution in [2.45, 2.75) is 124 Å². The van der Waals surface area contributed by atoms with Gasteiger partial charge in [-0.1, -0.05) is 37.5 Å². The minimum absolute atomic E-state index is 0.151. The van der Waals surface area contributed by atoms with Crippen molar-refractivity contribution < 1.29 is 14.4 Å². The standard InChI is InChI=1S/C45H57N9O4S/c1-46-40(56)14-12-35(29-55)53-38-13-11-32(26-39(38)50(2)44(53)58)31-15-21-51(22-16-31)28-30-7-6-10-36(25-30)59-52-23-17-33(18-24-52)48-43-47-27-37-41(49-43)54(34-8-4-3-5-9-34)42(57)45(37)19-20-45/h6-7,10-11,13,25-27,29,31,33-35H,3-5,8-9,12,14-24,28H2,1-2H3,(H,46,56)(H,47,48,49). The van der Waals surface area contributed by atoms with Gasteiger partial charge in [0, 0.05) is 68.9 Å². The van der Waals surface area contributed by atoms with Crippen molar-refractivity contribution in [1.29, 1.82) is 0 Å². The number of anilines is 2. The summed E-state index contributed by atoms with van der Waals surface area (Å²) in [5.74, 6) is 2.04. The van der Waals surface area contributed by atoms with Gasteiger partial charge in [-0.3, -0.25) is 28.5 Å². The summed E-state index contributed by atoms with van der Waals surface area (Å²) in [5, 5.41) is 6.23. The van der Waals surface area contributed by atoms with Crippen LogP contribution in [0.25, 0.3) is 11.0 Å². The third-order valence-corrected chi connectivity index (χ3v) is 14.9. The highest BCUT2D eigenvalue weighted by molar-refractivity contribution is 7.97. The molecule has 2 amide bonds. The Labute approximate surface area is 350 Å². The van der Waals surface area contributed by atoms with E-state index in [1.165, 1.54) is 39.9 Å². The van der Waals surface area contributed by atoms with E-state index in [0.29, 0.717) is 17.9 Å². The molecule has 3 aliphatic heterocycles. The number of aromatic nitrogens is 4. The van der Waals surface area contributed by atoms with E-state index in [1.807, 2.05) is 24.2 Å². The lowest BCUT2D eigenvalue weighted by molar-refractivity contribution is -0.121. The number of amides is 2. The Morgan fingerprint density at radius 3 is 2.47 bits per heavy atom. The van der Waals surface area contributed by atoms with Gasteiger partial charge < -0.3 is 15.4 Å². The van der Waals surface area contributed by atoms with Crippen LogP contribution in [0.15, 0.2) is 58.4 Å². The van der Waals surface area contributed by atoms with Crippen LogP contribution in [0.4, 0.5) is 11.8 Å². The van der Waals surface area contributed by atoms with Crippen LogP contribution in [0.5, 0.6) is 0 Å². The number of aldehydes is 1. The Hall–Kier alpha value is -4.53. The van der Waals surface area contributed by atoms with E-state index in [1.54, 1.807) is 18.7 Å². The number of benzene rings is 2. The number of imidazole rings is 1. The molecule has 312 valence electrons. The number of carbonyl (C=O) groups excluding carboxylic acids is 3. The van der Waals surface area contributed by atoms with Crippen molar-refractivity contribution in [2.24, 2.45) is 7.05 Å². The van der Waals surface area contributed by atoms with Crippen LogP contribution >= 0.6 is 11.9 Å². The minimum Gasteiger partial charge on any atom is -0.359 e. The maximum atomic E-state index is 13.6. The molecular formula is C45H57N9O4S. The van der Waals surface area contributed by atoms with Gasteiger partial charge in [-0.25, -0.2) is 14.1 Å². The average molecular weight is 820 g/mol. The Balaban J connectivity index is 0.762. The highest BCUT2D eigenvalue weighted by atomic mass is 32.2. The van der Waals surface area contributed by atoms with Crippen LogP contribution in [0.1, 0.15) is 112 Å². The maximum Gasteiger partial charge on any atom is 0.329 e. The molecule has 2 N–H and O–H groups in total. The molecule has 1 unspecified atom stereocenters. The van der Waals surface area contributed by atoms with Gasteiger partial charge in [0.1, 0.15) is 12.1 Å². The van der Waals surface area contributed by atoms with Crippen LogP contribution in [0.2, 0.25) is 0 Å². The van der Waals surface area contributed by atoms with Crippen LogP contribution in [-0.2, 0) is 33.4 Å². The number of piperidine rings is 2. The predicted molar refractivity (Wildman–Crippen MR) is 231 cm³/mol. The lowest BCUT2D eigenvalue weighted by Crippen LogP contribution is -2.42. The summed E-state index contributed by atoms with van der Waals surface area (Å²) in [7, 11) is 3.32. The van der Waals surface area contributed by atoms with E-state index in [9.17, 15) is 19.2 Å². The quantitative estimate of drug-likeness (QED) is 0.121. The minimum atomic E-state index is -0.691. The molecule has 59 heavy (non-hydrogen) atoms. The lowest BCUT2D eigenvalue weighted by Gasteiger charge is -2.33. The Kier molecular flexibility index (Phi) is 11.4. The van der Waals surface area contributed by atoms with E-state index in [0.717, 1.165) is 113 Å². The molecule has 4 fully saturated rings. The molecule has 4 aromatic rings. The zero-order chi connectivity index (χ0) is 40.7. The zero-order valence-corrected chi connectivity index (χ0v) is 35.2. The van der Waals surface area contributed by atoms with Gasteiger partial charge in [0.05, 0.1) is 22.5 Å².